The van der Waals surface area contributed by atoms with E-state index < -0.39 is 5.97 Å². The van der Waals surface area contributed by atoms with Gasteiger partial charge in [-0.1, -0.05) is 40.2 Å². The molecule has 0 bridgehead atoms. The average molecular weight is 346 g/mol. The number of nitrogens with zero attached hydrogens (tertiary/aromatic N) is 1. The Morgan fingerprint density at radius 1 is 1.24 bits per heavy atom. The van der Waals surface area contributed by atoms with Crippen molar-refractivity contribution in [2.45, 2.75) is 13.1 Å². The molecule has 1 N–H and O–H groups in total. The van der Waals surface area contributed by atoms with Crippen LogP contribution in [0.2, 0.25) is 0 Å². The van der Waals surface area contributed by atoms with Crippen LogP contribution >= 0.6 is 15.9 Å². The molecule has 4 nitrogen and oxygen atoms in total. The molecular formula is C16H12BrNO3. The zero-order chi connectivity index (χ0) is 15.0. The Balaban J connectivity index is 1.83. The molecule has 1 aliphatic heterocycles. The van der Waals surface area contributed by atoms with Crippen molar-refractivity contribution in [3.05, 3.63) is 69.2 Å². The van der Waals surface area contributed by atoms with Crippen LogP contribution in [0.4, 0.5) is 0 Å². The summed E-state index contributed by atoms with van der Waals surface area (Å²) in [6.07, 6.45) is 0. The van der Waals surface area contributed by atoms with Crippen molar-refractivity contribution in [2.75, 3.05) is 0 Å². The van der Waals surface area contributed by atoms with E-state index in [1.807, 2.05) is 24.3 Å². The Labute approximate surface area is 130 Å². The minimum Gasteiger partial charge on any atom is -0.478 e. The molecule has 0 aliphatic carbocycles. The number of hydrogen-bond donors (Lipinski definition) is 1. The Kier molecular flexibility index (Phi) is 3.51. The van der Waals surface area contributed by atoms with Crippen LogP contribution in [0, 0.1) is 0 Å². The number of carboxylic acids is 1. The SMILES string of the molecule is O=C(O)c1ccc(CN2Cc3ccccc3C2=O)c(Br)c1. The molecule has 21 heavy (non-hydrogen) atoms. The highest BCUT2D eigenvalue weighted by molar-refractivity contribution is 9.10. The highest BCUT2D eigenvalue weighted by Crippen LogP contribution is 2.27. The summed E-state index contributed by atoms with van der Waals surface area (Å²) in [6.45, 7) is 1.04. The lowest BCUT2D eigenvalue weighted by Crippen LogP contribution is -2.23. The first-order valence-corrected chi connectivity index (χ1v) is 7.24. The van der Waals surface area contributed by atoms with Crippen molar-refractivity contribution in [1.82, 2.24) is 4.90 Å². The van der Waals surface area contributed by atoms with Crippen LogP contribution in [0.15, 0.2) is 46.9 Å². The fourth-order valence-electron chi connectivity index (χ4n) is 2.46. The first-order chi connectivity index (χ1) is 10.1. The van der Waals surface area contributed by atoms with Gasteiger partial charge in [0.05, 0.1) is 5.56 Å². The van der Waals surface area contributed by atoms with Gasteiger partial charge in [-0.3, -0.25) is 4.79 Å². The normalized spacial score (nSPS) is 13.4. The molecular weight excluding hydrogens is 334 g/mol. The van der Waals surface area contributed by atoms with Crippen molar-refractivity contribution in [3.8, 4) is 0 Å². The summed E-state index contributed by atoms with van der Waals surface area (Å²) in [5.41, 5.74) is 2.89. The van der Waals surface area contributed by atoms with Gasteiger partial charge in [0.2, 0.25) is 0 Å². The lowest BCUT2D eigenvalue weighted by atomic mass is 10.1. The Hall–Kier alpha value is -2.14. The highest BCUT2D eigenvalue weighted by atomic mass is 79.9. The molecule has 0 atom stereocenters. The number of rotatable bonds is 3. The van der Waals surface area contributed by atoms with Gasteiger partial charge in [0.1, 0.15) is 0 Å². The minimum absolute atomic E-state index is 0.0137. The van der Waals surface area contributed by atoms with Crippen LogP contribution in [-0.2, 0) is 13.1 Å². The lowest BCUT2D eigenvalue weighted by molar-refractivity contribution is 0.0695. The molecule has 0 spiro atoms. The predicted molar refractivity (Wildman–Crippen MR) is 81.1 cm³/mol. The molecule has 0 aromatic heterocycles. The van der Waals surface area contributed by atoms with Crippen molar-refractivity contribution in [2.24, 2.45) is 0 Å². The van der Waals surface area contributed by atoms with Crippen LogP contribution in [0.3, 0.4) is 0 Å². The van der Waals surface area contributed by atoms with E-state index in [0.29, 0.717) is 17.6 Å². The van der Waals surface area contributed by atoms with E-state index in [4.69, 9.17) is 5.11 Å². The van der Waals surface area contributed by atoms with Crippen LogP contribution in [0.5, 0.6) is 0 Å². The zero-order valence-electron chi connectivity index (χ0n) is 11.0. The standard InChI is InChI=1S/C16H12BrNO3/c17-14-7-10(16(20)21)5-6-12(14)9-18-8-11-3-1-2-4-13(11)15(18)19/h1-7H,8-9H2,(H,20,21). The summed E-state index contributed by atoms with van der Waals surface area (Å²) in [7, 11) is 0. The number of amides is 1. The van der Waals surface area contributed by atoms with Crippen molar-refractivity contribution >= 4 is 27.8 Å². The van der Waals surface area contributed by atoms with Gasteiger partial charge in [-0.2, -0.15) is 0 Å². The third kappa shape index (κ3) is 2.56. The summed E-state index contributed by atoms with van der Waals surface area (Å²) in [4.78, 5) is 25.0. The lowest BCUT2D eigenvalue weighted by Gasteiger charge is -2.17. The summed E-state index contributed by atoms with van der Waals surface area (Å²) >= 11 is 3.38. The van der Waals surface area contributed by atoms with Crippen LogP contribution in [0.25, 0.3) is 0 Å². The second-order valence-electron chi connectivity index (χ2n) is 4.93. The predicted octanol–water partition coefficient (Wildman–Crippen LogP) is 3.30. The van der Waals surface area contributed by atoms with Gasteiger partial charge >= 0.3 is 5.97 Å². The summed E-state index contributed by atoms with van der Waals surface area (Å²) < 4.78 is 0.700. The first-order valence-electron chi connectivity index (χ1n) is 6.45. The van der Waals surface area contributed by atoms with Crippen molar-refractivity contribution in [1.29, 1.82) is 0 Å². The fourth-order valence-corrected chi connectivity index (χ4v) is 2.96. The van der Waals surface area contributed by atoms with Crippen LogP contribution < -0.4 is 0 Å². The monoisotopic (exact) mass is 345 g/mol. The molecule has 0 saturated carbocycles. The number of carboxylic acid groups (broad SMARTS) is 1. The van der Waals surface area contributed by atoms with Crippen LogP contribution in [0.1, 0.15) is 31.8 Å². The van der Waals surface area contributed by atoms with Gasteiger partial charge in [-0.25, -0.2) is 4.79 Å². The zero-order valence-corrected chi connectivity index (χ0v) is 12.6. The van der Waals surface area contributed by atoms with E-state index >= 15 is 0 Å². The Bertz CT molecular complexity index is 742. The van der Waals surface area contributed by atoms with Crippen molar-refractivity contribution < 1.29 is 14.7 Å². The number of fused-ring (bicyclic) bond motifs is 1. The highest BCUT2D eigenvalue weighted by Gasteiger charge is 2.27. The smallest absolute Gasteiger partial charge is 0.335 e. The second kappa shape index (κ2) is 5.33. The van der Waals surface area contributed by atoms with Gasteiger partial charge in [-0.15, -0.1) is 0 Å². The van der Waals surface area contributed by atoms with E-state index in [9.17, 15) is 9.59 Å². The van der Waals surface area contributed by atoms with E-state index in [1.165, 1.54) is 0 Å². The minimum atomic E-state index is -0.966. The van der Waals surface area contributed by atoms with Crippen LogP contribution in [-0.4, -0.2) is 21.9 Å². The first kappa shape index (κ1) is 13.8. The molecule has 0 unspecified atom stereocenters. The number of carbonyl (C=O) groups is 2. The molecule has 0 radical (unpaired) electrons. The Morgan fingerprint density at radius 2 is 2.00 bits per heavy atom. The second-order valence-corrected chi connectivity index (χ2v) is 5.78. The van der Waals surface area contributed by atoms with Gasteiger partial charge in [-0.05, 0) is 29.3 Å². The molecule has 0 saturated heterocycles. The topological polar surface area (TPSA) is 57.6 Å². The summed E-state index contributed by atoms with van der Waals surface area (Å²) in [5, 5.41) is 8.96. The molecule has 0 fully saturated rings. The number of halogens is 1. The number of aromatic carboxylic acids is 1. The molecule has 2 aromatic rings. The quantitative estimate of drug-likeness (QED) is 0.928. The molecule has 2 aromatic carbocycles. The summed E-state index contributed by atoms with van der Waals surface area (Å²) in [6, 6.07) is 12.4. The van der Waals surface area contributed by atoms with E-state index in [1.54, 1.807) is 23.1 Å². The maximum atomic E-state index is 12.3. The van der Waals surface area contributed by atoms with E-state index in [2.05, 4.69) is 15.9 Å². The number of hydrogen-bond acceptors (Lipinski definition) is 2. The number of carbonyl (C=O) groups excluding carboxylic acids is 1. The summed E-state index contributed by atoms with van der Waals surface area (Å²) in [5.74, 6) is -0.952. The Morgan fingerprint density at radius 3 is 2.67 bits per heavy atom. The van der Waals surface area contributed by atoms with E-state index in [-0.39, 0.29) is 11.5 Å². The maximum Gasteiger partial charge on any atom is 0.335 e. The molecule has 3 rings (SSSR count). The van der Waals surface area contributed by atoms with Gasteiger partial charge < -0.3 is 10.0 Å². The maximum absolute atomic E-state index is 12.3. The fraction of sp³-hybridized carbons (Fsp3) is 0.125. The molecule has 1 amide bonds. The van der Waals surface area contributed by atoms with Gasteiger partial charge in [0, 0.05) is 23.1 Å². The molecule has 5 heteroatoms. The van der Waals surface area contributed by atoms with Gasteiger partial charge in [0.15, 0.2) is 0 Å². The molecule has 1 heterocycles. The number of benzene rings is 2. The largest absolute Gasteiger partial charge is 0.478 e. The third-order valence-electron chi connectivity index (χ3n) is 3.56. The molecule has 1 aliphatic rings. The average Bonchev–Trinajstić information content (AvgIpc) is 2.78. The van der Waals surface area contributed by atoms with E-state index in [0.717, 1.165) is 16.7 Å². The molecule has 106 valence electrons. The van der Waals surface area contributed by atoms with Gasteiger partial charge in [0.25, 0.3) is 5.91 Å². The van der Waals surface area contributed by atoms with Crippen molar-refractivity contribution in [3.63, 3.8) is 0 Å². The third-order valence-corrected chi connectivity index (χ3v) is 4.30.